The maximum atomic E-state index is 12.5. The van der Waals surface area contributed by atoms with Crippen molar-refractivity contribution in [3.8, 4) is 0 Å². The summed E-state index contributed by atoms with van der Waals surface area (Å²) in [5, 5.41) is 23.3. The van der Waals surface area contributed by atoms with E-state index in [2.05, 4.69) is 19.2 Å². The van der Waals surface area contributed by atoms with Gasteiger partial charge in [0.25, 0.3) is 0 Å². The van der Waals surface area contributed by atoms with Crippen LogP contribution in [0.2, 0.25) is 0 Å². The molecule has 2 atom stereocenters. The molecule has 71 heavy (non-hydrogen) atoms. The first-order chi connectivity index (χ1) is 35.2. The number of carbonyl (C=O) groups excluding carboxylic acids is 1. The van der Waals surface area contributed by atoms with Crippen molar-refractivity contribution in [1.82, 2.24) is 5.32 Å². The molecule has 0 aromatic carbocycles. The van der Waals surface area contributed by atoms with E-state index >= 15 is 0 Å². The monoisotopic (exact) mass is 1000 g/mol. The average Bonchev–Trinajstić information content (AvgIpc) is 3.37. The highest BCUT2D eigenvalue weighted by Crippen LogP contribution is 2.19. The van der Waals surface area contributed by atoms with Gasteiger partial charge >= 0.3 is 0 Å². The lowest BCUT2D eigenvalue weighted by Gasteiger charge is -2.20. The van der Waals surface area contributed by atoms with Gasteiger partial charge in [-0.3, -0.25) is 4.79 Å². The molecule has 4 nitrogen and oxygen atoms in total. The van der Waals surface area contributed by atoms with Crippen molar-refractivity contribution in [1.29, 1.82) is 0 Å². The molecule has 0 fully saturated rings. The summed E-state index contributed by atoms with van der Waals surface area (Å²) in [6.07, 6.45) is 84.3. The number of carbonyl (C=O) groups is 1. The van der Waals surface area contributed by atoms with E-state index in [0.29, 0.717) is 6.42 Å². The lowest BCUT2D eigenvalue weighted by atomic mass is 10.0. The molecular weight excluding hydrogens is 867 g/mol. The summed E-state index contributed by atoms with van der Waals surface area (Å²) in [6.45, 7) is 4.37. The number of hydrogen-bond acceptors (Lipinski definition) is 3. The molecule has 0 aliphatic carbocycles. The second kappa shape index (κ2) is 63.4. The number of nitrogens with one attached hydrogen (secondary N) is 1. The van der Waals surface area contributed by atoms with Crippen LogP contribution in [0.25, 0.3) is 0 Å². The Labute approximate surface area is 447 Å². The largest absolute Gasteiger partial charge is 0.394 e. The van der Waals surface area contributed by atoms with Gasteiger partial charge in [-0.1, -0.05) is 379 Å². The maximum Gasteiger partial charge on any atom is 0.220 e. The molecule has 1 amide bonds. The molecule has 0 rings (SSSR count). The number of hydrogen-bond donors (Lipinski definition) is 3. The Hall–Kier alpha value is -0.870. The molecule has 2 unspecified atom stereocenters. The second-order valence-corrected chi connectivity index (χ2v) is 23.3. The second-order valence-electron chi connectivity index (χ2n) is 23.3. The van der Waals surface area contributed by atoms with E-state index in [-0.39, 0.29) is 12.5 Å². The Kier molecular flexibility index (Phi) is 62.6. The van der Waals surface area contributed by atoms with Crippen LogP contribution in [0.5, 0.6) is 0 Å². The smallest absolute Gasteiger partial charge is 0.220 e. The first-order valence-electron chi connectivity index (χ1n) is 33.4. The Bertz CT molecular complexity index is 998. The highest BCUT2D eigenvalue weighted by molar-refractivity contribution is 5.76. The third kappa shape index (κ3) is 59.9. The van der Waals surface area contributed by atoms with Crippen LogP contribution in [0, 0.1) is 0 Å². The summed E-state index contributed by atoms with van der Waals surface area (Å²) in [4.78, 5) is 12.5. The van der Waals surface area contributed by atoms with Gasteiger partial charge < -0.3 is 15.5 Å². The van der Waals surface area contributed by atoms with Crippen LogP contribution in [-0.4, -0.2) is 34.9 Å². The van der Waals surface area contributed by atoms with Crippen LogP contribution in [-0.2, 0) is 4.79 Å². The van der Waals surface area contributed by atoms with E-state index in [0.717, 1.165) is 25.7 Å². The summed E-state index contributed by atoms with van der Waals surface area (Å²) in [7, 11) is 0. The third-order valence-electron chi connectivity index (χ3n) is 16.0. The van der Waals surface area contributed by atoms with Crippen molar-refractivity contribution in [3.63, 3.8) is 0 Å². The standard InChI is InChI=1S/C67H133NO3/c1-3-5-7-9-11-13-15-17-19-21-23-25-27-29-31-33-35-36-38-40-42-44-46-48-50-52-54-56-58-60-62-66(70)65(64-69)68-67(71)63-61-59-57-55-53-51-49-47-45-43-41-39-37-34-32-30-28-26-24-22-20-18-16-14-12-10-8-6-4-2/h60,62,65-66,69-70H,3-59,61,63-64H2,1-2H3,(H,68,71)/b62-60+. The van der Waals surface area contributed by atoms with Crippen LogP contribution in [0.15, 0.2) is 12.2 Å². The minimum absolute atomic E-state index is 0.0535. The summed E-state index contributed by atoms with van der Waals surface area (Å²) < 4.78 is 0. The summed E-state index contributed by atoms with van der Waals surface area (Å²) in [6, 6.07) is -0.619. The van der Waals surface area contributed by atoms with Crippen molar-refractivity contribution >= 4 is 5.91 Å². The van der Waals surface area contributed by atoms with Gasteiger partial charge in [0, 0.05) is 6.42 Å². The minimum Gasteiger partial charge on any atom is -0.394 e. The first kappa shape index (κ1) is 70.1. The zero-order valence-electron chi connectivity index (χ0n) is 49.0. The Balaban J connectivity index is 3.40. The highest BCUT2D eigenvalue weighted by Gasteiger charge is 2.18. The SMILES string of the molecule is CCCCCCCCCCCCCCCCCCCCCCCCCCCCCC/C=C/C(O)C(CO)NC(=O)CCCCCCCCCCCCCCCCCCCCCCCCCCCCCCC. The number of allylic oxidation sites excluding steroid dienone is 1. The van der Waals surface area contributed by atoms with Gasteiger partial charge in [0.15, 0.2) is 0 Å². The lowest BCUT2D eigenvalue weighted by molar-refractivity contribution is -0.123. The van der Waals surface area contributed by atoms with Gasteiger partial charge in [0.05, 0.1) is 18.8 Å². The summed E-state index contributed by atoms with van der Waals surface area (Å²) >= 11 is 0. The van der Waals surface area contributed by atoms with E-state index < -0.39 is 12.1 Å². The van der Waals surface area contributed by atoms with Gasteiger partial charge in [-0.25, -0.2) is 0 Å². The van der Waals surface area contributed by atoms with E-state index in [9.17, 15) is 15.0 Å². The van der Waals surface area contributed by atoms with Crippen LogP contribution >= 0.6 is 0 Å². The van der Waals surface area contributed by atoms with Crippen molar-refractivity contribution in [2.45, 2.75) is 405 Å². The number of amides is 1. The van der Waals surface area contributed by atoms with Crippen LogP contribution in [0.1, 0.15) is 393 Å². The molecule has 0 heterocycles. The van der Waals surface area contributed by atoms with Crippen molar-refractivity contribution in [3.05, 3.63) is 12.2 Å². The van der Waals surface area contributed by atoms with E-state index in [4.69, 9.17) is 0 Å². The lowest BCUT2D eigenvalue weighted by Crippen LogP contribution is -2.45. The number of unbranched alkanes of at least 4 members (excludes halogenated alkanes) is 56. The molecule has 0 aliphatic heterocycles. The van der Waals surface area contributed by atoms with Crippen LogP contribution in [0.4, 0.5) is 0 Å². The topological polar surface area (TPSA) is 69.6 Å². The zero-order valence-corrected chi connectivity index (χ0v) is 49.0. The van der Waals surface area contributed by atoms with E-state index in [1.807, 2.05) is 6.08 Å². The van der Waals surface area contributed by atoms with Crippen LogP contribution in [0.3, 0.4) is 0 Å². The maximum absolute atomic E-state index is 12.5. The Morgan fingerprint density at radius 1 is 0.324 bits per heavy atom. The Morgan fingerprint density at radius 2 is 0.521 bits per heavy atom. The van der Waals surface area contributed by atoms with Gasteiger partial charge in [0.2, 0.25) is 5.91 Å². The normalized spacial score (nSPS) is 12.7. The fourth-order valence-electron chi connectivity index (χ4n) is 11.0. The summed E-state index contributed by atoms with van der Waals surface area (Å²) in [5.41, 5.74) is 0. The molecular formula is C67H133NO3. The molecule has 3 N–H and O–H groups in total. The molecule has 424 valence electrons. The third-order valence-corrected chi connectivity index (χ3v) is 16.0. The molecule has 0 bridgehead atoms. The molecule has 0 spiro atoms. The first-order valence-corrected chi connectivity index (χ1v) is 33.4. The molecule has 0 saturated heterocycles. The zero-order chi connectivity index (χ0) is 51.3. The van der Waals surface area contributed by atoms with Crippen molar-refractivity contribution < 1.29 is 15.0 Å². The fourth-order valence-corrected chi connectivity index (χ4v) is 11.0. The molecule has 0 aromatic rings. The van der Waals surface area contributed by atoms with Gasteiger partial charge in [-0.05, 0) is 19.3 Å². The molecule has 4 heteroatoms. The highest BCUT2D eigenvalue weighted by atomic mass is 16.3. The molecule has 0 saturated carbocycles. The number of rotatable bonds is 63. The van der Waals surface area contributed by atoms with E-state index in [1.54, 1.807) is 6.08 Å². The van der Waals surface area contributed by atoms with Gasteiger partial charge in [-0.2, -0.15) is 0 Å². The quantitative estimate of drug-likeness (QED) is 0.0420. The molecule has 0 aliphatic rings. The predicted octanol–water partition coefficient (Wildman–Crippen LogP) is 22.4. The van der Waals surface area contributed by atoms with Crippen molar-refractivity contribution in [2.24, 2.45) is 0 Å². The minimum atomic E-state index is -0.837. The fraction of sp³-hybridized carbons (Fsp3) is 0.955. The van der Waals surface area contributed by atoms with Gasteiger partial charge in [-0.15, -0.1) is 0 Å². The summed E-state index contributed by atoms with van der Waals surface area (Å²) in [5.74, 6) is -0.0535. The Morgan fingerprint density at radius 3 is 0.732 bits per heavy atom. The average molecular weight is 1000 g/mol. The van der Waals surface area contributed by atoms with E-state index in [1.165, 1.54) is 347 Å². The van der Waals surface area contributed by atoms with Crippen molar-refractivity contribution in [2.75, 3.05) is 6.61 Å². The number of aliphatic hydroxyl groups excluding tert-OH is 2. The van der Waals surface area contributed by atoms with Crippen LogP contribution < -0.4 is 5.32 Å². The molecule has 0 radical (unpaired) electrons. The molecule has 0 aromatic heterocycles. The predicted molar refractivity (Wildman–Crippen MR) is 318 cm³/mol. The van der Waals surface area contributed by atoms with Gasteiger partial charge in [0.1, 0.15) is 0 Å². The number of aliphatic hydroxyl groups is 2.